The summed E-state index contributed by atoms with van der Waals surface area (Å²) in [5, 5.41) is 0. The molecule has 1 heterocycles. The van der Waals surface area contributed by atoms with Crippen LogP contribution in [0.4, 0.5) is 0 Å². The summed E-state index contributed by atoms with van der Waals surface area (Å²) in [6, 6.07) is 1.72. The molecule has 0 radical (unpaired) electrons. The van der Waals surface area contributed by atoms with Gasteiger partial charge in [0.05, 0.1) is 0 Å². The Bertz CT molecular complexity index is 140. The van der Waals surface area contributed by atoms with Crippen molar-refractivity contribution in [3.63, 3.8) is 0 Å². The van der Waals surface area contributed by atoms with Crippen LogP contribution < -0.4 is 0 Å². The average molecular weight is 198 g/mol. The Hall–Kier alpha value is -0.0800. The highest BCUT2D eigenvalue weighted by Gasteiger charge is 2.34. The van der Waals surface area contributed by atoms with Gasteiger partial charge in [-0.05, 0) is 26.9 Å². The van der Waals surface area contributed by atoms with E-state index in [1.807, 2.05) is 13.8 Å². The summed E-state index contributed by atoms with van der Waals surface area (Å²) in [4.78, 5) is 5.12. The number of hydrogen-bond donors (Lipinski definition) is 0. The zero-order valence-electron chi connectivity index (χ0n) is 10.3. The lowest BCUT2D eigenvalue weighted by molar-refractivity contribution is 0.0263. The molecule has 2 fully saturated rings. The van der Waals surface area contributed by atoms with E-state index < -0.39 is 0 Å². The Morgan fingerprint density at radius 3 is 1.50 bits per heavy atom. The van der Waals surface area contributed by atoms with Gasteiger partial charge >= 0.3 is 0 Å². The summed E-state index contributed by atoms with van der Waals surface area (Å²) < 4.78 is 0. The first-order valence-corrected chi connectivity index (χ1v) is 6.19. The van der Waals surface area contributed by atoms with Gasteiger partial charge in [-0.25, -0.2) is 0 Å². The number of rotatable bonds is 0. The largest absolute Gasteiger partial charge is 0.301 e. The van der Waals surface area contributed by atoms with Crippen LogP contribution in [0.15, 0.2) is 0 Å². The molecule has 1 aliphatic carbocycles. The Kier molecular flexibility index (Phi) is 4.90. The van der Waals surface area contributed by atoms with Crippen LogP contribution in [0.3, 0.4) is 0 Å². The van der Waals surface area contributed by atoms with Gasteiger partial charge in [-0.2, -0.15) is 0 Å². The maximum Gasteiger partial charge on any atom is 0.0248 e. The van der Waals surface area contributed by atoms with E-state index in [0.29, 0.717) is 0 Å². The Balaban J connectivity index is 0.000000461. The quantitative estimate of drug-likeness (QED) is 0.589. The first-order chi connectivity index (χ1) is 6.79. The second-order valence-electron chi connectivity index (χ2n) is 4.38. The van der Waals surface area contributed by atoms with Crippen molar-refractivity contribution in [2.24, 2.45) is 0 Å². The van der Waals surface area contributed by atoms with Gasteiger partial charge in [0.2, 0.25) is 0 Å². The molecule has 0 bridgehead atoms. The lowest BCUT2D eigenvalue weighted by Gasteiger charge is -2.47. The zero-order chi connectivity index (χ0) is 10.6. The molecule has 2 atom stereocenters. The molecule has 1 saturated heterocycles. The highest BCUT2D eigenvalue weighted by atomic mass is 15.3. The predicted octanol–water partition coefficient (Wildman–Crippen LogP) is 2.20. The summed E-state index contributed by atoms with van der Waals surface area (Å²) in [5.41, 5.74) is 0. The average Bonchev–Trinajstić information content (AvgIpc) is 2.27. The molecule has 0 aromatic heterocycles. The van der Waals surface area contributed by atoms with Gasteiger partial charge in [-0.15, -0.1) is 0 Å². The molecule has 0 aromatic carbocycles. The molecule has 2 rings (SSSR count). The van der Waals surface area contributed by atoms with Crippen molar-refractivity contribution in [3.05, 3.63) is 0 Å². The normalized spacial score (nSPS) is 34.3. The van der Waals surface area contributed by atoms with Crippen LogP contribution in [0.2, 0.25) is 0 Å². The SMILES string of the molecule is CC.CN1CCN(C)[C@H]2CCCC[C@@H]21. The minimum absolute atomic E-state index is 0.859. The number of likely N-dealkylation sites (N-methyl/N-ethyl adjacent to an activating group) is 2. The van der Waals surface area contributed by atoms with Crippen LogP contribution in [-0.4, -0.2) is 49.1 Å². The topological polar surface area (TPSA) is 6.48 Å². The number of fused-ring (bicyclic) bond motifs is 1. The minimum Gasteiger partial charge on any atom is -0.301 e. The van der Waals surface area contributed by atoms with Gasteiger partial charge in [-0.3, -0.25) is 0 Å². The fraction of sp³-hybridized carbons (Fsp3) is 1.00. The van der Waals surface area contributed by atoms with Gasteiger partial charge in [0.15, 0.2) is 0 Å². The molecule has 0 aromatic rings. The van der Waals surface area contributed by atoms with Crippen molar-refractivity contribution in [1.82, 2.24) is 9.80 Å². The van der Waals surface area contributed by atoms with Crippen LogP contribution in [-0.2, 0) is 0 Å². The lowest BCUT2D eigenvalue weighted by atomic mass is 9.87. The van der Waals surface area contributed by atoms with Crippen LogP contribution in [0.25, 0.3) is 0 Å². The minimum atomic E-state index is 0.859. The molecule has 1 saturated carbocycles. The second kappa shape index (κ2) is 5.72. The standard InChI is InChI=1S/C10H20N2.C2H6/c1-11-7-8-12(2)10-6-4-3-5-9(10)11;1-2/h9-10H,3-8H2,1-2H3;1-2H3/t9-,10-;/m0./s1. The predicted molar refractivity (Wildman–Crippen MR) is 62.7 cm³/mol. The van der Waals surface area contributed by atoms with Crippen molar-refractivity contribution >= 4 is 0 Å². The van der Waals surface area contributed by atoms with Crippen molar-refractivity contribution in [1.29, 1.82) is 0 Å². The van der Waals surface area contributed by atoms with Crippen molar-refractivity contribution in [3.8, 4) is 0 Å². The van der Waals surface area contributed by atoms with Crippen LogP contribution in [0, 0.1) is 0 Å². The van der Waals surface area contributed by atoms with E-state index in [-0.39, 0.29) is 0 Å². The molecule has 0 unspecified atom stereocenters. The third-order valence-corrected chi connectivity index (χ3v) is 3.63. The smallest absolute Gasteiger partial charge is 0.0248 e. The first kappa shape index (κ1) is 12.0. The van der Waals surface area contributed by atoms with E-state index in [1.54, 1.807) is 0 Å². The number of hydrogen-bond acceptors (Lipinski definition) is 2. The Morgan fingerprint density at radius 2 is 1.14 bits per heavy atom. The number of piperazine rings is 1. The van der Waals surface area contributed by atoms with Gasteiger partial charge in [0.25, 0.3) is 0 Å². The van der Waals surface area contributed by atoms with E-state index in [4.69, 9.17) is 0 Å². The molecule has 2 heteroatoms. The van der Waals surface area contributed by atoms with Gasteiger partial charge < -0.3 is 9.80 Å². The maximum absolute atomic E-state index is 2.56. The van der Waals surface area contributed by atoms with Crippen molar-refractivity contribution in [2.45, 2.75) is 51.6 Å². The molecule has 84 valence electrons. The van der Waals surface area contributed by atoms with Crippen molar-refractivity contribution in [2.75, 3.05) is 27.2 Å². The summed E-state index contributed by atoms with van der Waals surface area (Å²) >= 11 is 0. The van der Waals surface area contributed by atoms with Gasteiger partial charge in [-0.1, -0.05) is 26.7 Å². The van der Waals surface area contributed by atoms with E-state index in [1.165, 1.54) is 38.8 Å². The van der Waals surface area contributed by atoms with E-state index >= 15 is 0 Å². The molecule has 0 spiro atoms. The van der Waals surface area contributed by atoms with Gasteiger partial charge in [0, 0.05) is 25.2 Å². The van der Waals surface area contributed by atoms with Crippen LogP contribution in [0.1, 0.15) is 39.5 Å². The fourth-order valence-electron chi connectivity index (χ4n) is 2.77. The maximum atomic E-state index is 2.56. The van der Waals surface area contributed by atoms with Crippen LogP contribution >= 0.6 is 0 Å². The van der Waals surface area contributed by atoms with Gasteiger partial charge in [0.1, 0.15) is 0 Å². The number of nitrogens with zero attached hydrogens (tertiary/aromatic N) is 2. The molecule has 14 heavy (non-hydrogen) atoms. The molecule has 0 amide bonds. The summed E-state index contributed by atoms with van der Waals surface area (Å²) in [7, 11) is 4.58. The zero-order valence-corrected chi connectivity index (χ0v) is 10.3. The van der Waals surface area contributed by atoms with E-state index in [0.717, 1.165) is 12.1 Å². The second-order valence-corrected chi connectivity index (χ2v) is 4.38. The Labute approximate surface area is 89.3 Å². The fourth-order valence-corrected chi connectivity index (χ4v) is 2.77. The third-order valence-electron chi connectivity index (χ3n) is 3.63. The summed E-state index contributed by atoms with van der Waals surface area (Å²) in [6.45, 7) is 6.52. The highest BCUT2D eigenvalue weighted by Crippen LogP contribution is 2.28. The molecule has 2 aliphatic rings. The highest BCUT2D eigenvalue weighted by molar-refractivity contribution is 4.91. The molecular formula is C12H26N2. The van der Waals surface area contributed by atoms with Crippen LogP contribution in [0.5, 0.6) is 0 Å². The molecular weight excluding hydrogens is 172 g/mol. The molecule has 1 aliphatic heterocycles. The Morgan fingerprint density at radius 1 is 0.786 bits per heavy atom. The summed E-state index contributed by atoms with van der Waals surface area (Å²) in [6.07, 6.45) is 5.73. The first-order valence-electron chi connectivity index (χ1n) is 6.19. The van der Waals surface area contributed by atoms with E-state index in [2.05, 4.69) is 23.9 Å². The monoisotopic (exact) mass is 198 g/mol. The lowest BCUT2D eigenvalue weighted by Crippen LogP contribution is -2.57. The van der Waals surface area contributed by atoms with E-state index in [9.17, 15) is 0 Å². The summed E-state index contributed by atoms with van der Waals surface area (Å²) in [5.74, 6) is 0. The molecule has 2 nitrogen and oxygen atoms in total. The van der Waals surface area contributed by atoms with Crippen molar-refractivity contribution < 1.29 is 0 Å². The third kappa shape index (κ3) is 2.48. The molecule has 0 N–H and O–H groups in total.